The summed E-state index contributed by atoms with van der Waals surface area (Å²) in [6.07, 6.45) is -3.26. The van der Waals surface area contributed by atoms with Crippen LogP contribution in [0.15, 0.2) is 54.7 Å². The lowest BCUT2D eigenvalue weighted by Gasteiger charge is -2.22. The molecule has 41 heavy (non-hydrogen) atoms. The van der Waals surface area contributed by atoms with Gasteiger partial charge in [0.2, 0.25) is 0 Å². The normalized spacial score (nSPS) is 11.9. The van der Waals surface area contributed by atoms with Crippen LogP contribution >= 0.6 is 0 Å². The average molecular weight is 577 g/mol. The maximum absolute atomic E-state index is 14.1. The Labute approximate surface area is 235 Å². The summed E-state index contributed by atoms with van der Waals surface area (Å²) in [4.78, 5) is 17.0. The van der Waals surface area contributed by atoms with E-state index in [0.29, 0.717) is 28.3 Å². The van der Waals surface area contributed by atoms with Crippen LogP contribution in [0.5, 0.6) is 17.2 Å². The molecule has 4 aromatic rings. The summed E-state index contributed by atoms with van der Waals surface area (Å²) in [5, 5.41) is 12.3. The third-order valence-electron chi connectivity index (χ3n) is 6.13. The predicted molar refractivity (Wildman–Crippen MR) is 149 cm³/mol. The number of hydrogen-bond acceptors (Lipinski definition) is 6. The molecule has 0 fully saturated rings. The highest BCUT2D eigenvalue weighted by Gasteiger charge is 2.33. The number of alkyl halides is 3. The minimum Gasteiger partial charge on any atom is -0.497 e. The number of anilines is 1. The molecule has 0 radical (unpaired) electrons. The third-order valence-corrected chi connectivity index (χ3v) is 6.13. The lowest BCUT2D eigenvalue weighted by Crippen LogP contribution is -2.22. The van der Waals surface area contributed by atoms with Gasteiger partial charge in [0.25, 0.3) is 0 Å². The first-order valence-corrected chi connectivity index (χ1v) is 12.8. The Bertz CT molecular complexity index is 1500. The molecule has 11 heteroatoms. The number of methoxy groups -OCH3 is 2. The van der Waals surface area contributed by atoms with Gasteiger partial charge in [-0.25, -0.2) is 4.39 Å². The second kappa shape index (κ2) is 13.4. The van der Waals surface area contributed by atoms with Gasteiger partial charge in [-0.2, -0.15) is 13.2 Å². The van der Waals surface area contributed by atoms with Crippen molar-refractivity contribution in [3.8, 4) is 17.2 Å². The Kier molecular flexibility index (Phi) is 10.2. The number of carbonyl (C=O) groups is 1. The molecule has 0 bridgehead atoms. The highest BCUT2D eigenvalue weighted by molar-refractivity contribution is 6.12. The molecule has 0 aliphatic carbocycles. The number of H-pyrrole nitrogens is 1. The van der Waals surface area contributed by atoms with Crippen LogP contribution in [0.3, 0.4) is 0 Å². The first kappa shape index (κ1) is 31.3. The van der Waals surface area contributed by atoms with E-state index in [1.54, 1.807) is 18.2 Å². The van der Waals surface area contributed by atoms with Crippen molar-refractivity contribution >= 4 is 22.4 Å². The van der Waals surface area contributed by atoms with Crippen molar-refractivity contribution in [1.82, 2.24) is 4.98 Å². The highest BCUT2D eigenvalue weighted by atomic mass is 19.4. The lowest BCUT2D eigenvalue weighted by molar-refractivity contribution is -0.137. The summed E-state index contributed by atoms with van der Waals surface area (Å²) in [5.41, 5.74) is 0.436. The van der Waals surface area contributed by atoms with Gasteiger partial charge in [0.05, 0.1) is 26.4 Å². The number of aryl methyl sites for hydroxylation is 1. The molecule has 0 saturated heterocycles. The van der Waals surface area contributed by atoms with E-state index in [9.17, 15) is 22.4 Å². The fourth-order valence-corrected chi connectivity index (χ4v) is 4.33. The van der Waals surface area contributed by atoms with Gasteiger partial charge in [0, 0.05) is 58.2 Å². The second-order valence-electron chi connectivity index (χ2n) is 8.71. The van der Waals surface area contributed by atoms with Crippen LogP contribution in [0.25, 0.3) is 10.9 Å². The fourth-order valence-electron chi connectivity index (χ4n) is 4.33. The molecule has 1 aromatic heterocycles. The van der Waals surface area contributed by atoms with Crippen molar-refractivity contribution in [1.29, 1.82) is 0 Å². The van der Waals surface area contributed by atoms with Gasteiger partial charge in [-0.05, 0) is 36.8 Å². The number of ketones is 1. The minimum atomic E-state index is -4.61. The summed E-state index contributed by atoms with van der Waals surface area (Å²) >= 11 is 0. The van der Waals surface area contributed by atoms with E-state index < -0.39 is 29.4 Å². The van der Waals surface area contributed by atoms with Crippen molar-refractivity contribution in [2.24, 2.45) is 0 Å². The molecule has 7 nitrogen and oxygen atoms in total. The maximum atomic E-state index is 14.1. The van der Waals surface area contributed by atoms with Crippen molar-refractivity contribution < 1.29 is 41.7 Å². The van der Waals surface area contributed by atoms with Crippen LogP contribution in [0.2, 0.25) is 0 Å². The monoisotopic (exact) mass is 576 g/mol. The summed E-state index contributed by atoms with van der Waals surface area (Å²) in [5.74, 6) is -0.415. The van der Waals surface area contributed by atoms with Gasteiger partial charge in [-0.1, -0.05) is 13.8 Å². The van der Waals surface area contributed by atoms with Gasteiger partial charge in [-0.15, -0.1) is 0 Å². The number of aliphatic hydroxyl groups is 1. The zero-order valence-corrected chi connectivity index (χ0v) is 23.3. The van der Waals surface area contributed by atoms with Gasteiger partial charge in [0.1, 0.15) is 35.7 Å². The molecule has 0 spiro atoms. The maximum Gasteiger partial charge on any atom is 0.416 e. The van der Waals surface area contributed by atoms with Gasteiger partial charge in [-0.3, -0.25) is 4.79 Å². The second-order valence-corrected chi connectivity index (χ2v) is 8.71. The van der Waals surface area contributed by atoms with E-state index >= 15 is 0 Å². The molecule has 0 amide bonds. The quantitative estimate of drug-likeness (QED) is 0.138. The molecule has 0 aliphatic heterocycles. The number of Topliss-reactive ketones (excluding diaryl/α,β-unsaturated/α-hetero) is 1. The minimum absolute atomic E-state index is 0.00253. The van der Waals surface area contributed by atoms with Crippen LogP contribution in [0, 0.1) is 12.7 Å². The fraction of sp³-hybridized carbons (Fsp3) is 0.300. The Morgan fingerprint density at radius 3 is 2.37 bits per heavy atom. The Balaban J connectivity index is 0.00000226. The largest absolute Gasteiger partial charge is 0.497 e. The number of hydrogen-bond donors (Lipinski definition) is 3. The predicted octanol–water partition coefficient (Wildman–Crippen LogP) is 7.08. The van der Waals surface area contributed by atoms with Crippen molar-refractivity contribution in [3.05, 3.63) is 82.8 Å². The molecule has 220 valence electrons. The van der Waals surface area contributed by atoms with Gasteiger partial charge >= 0.3 is 6.18 Å². The van der Waals surface area contributed by atoms with Gasteiger partial charge in [0.15, 0.2) is 5.78 Å². The SMILES string of the molecule is CC.COc1cc(NC(C(=O)c2c[nH]c3c(C)cc(C(F)(F)F)cc23)c2ccc(F)cc2OC)cc(OCCO)c1. The van der Waals surface area contributed by atoms with Gasteiger partial charge < -0.3 is 29.6 Å². The number of benzene rings is 3. The van der Waals surface area contributed by atoms with Crippen LogP contribution in [-0.4, -0.2) is 43.3 Å². The molecule has 4 rings (SSSR count). The zero-order valence-electron chi connectivity index (χ0n) is 23.3. The van der Waals surface area contributed by atoms with Crippen LogP contribution in [0.4, 0.5) is 23.2 Å². The Hall–Kier alpha value is -4.25. The molecule has 3 aromatic carbocycles. The van der Waals surface area contributed by atoms with E-state index in [4.69, 9.17) is 19.3 Å². The molecule has 1 heterocycles. The zero-order chi connectivity index (χ0) is 30.3. The molecular formula is C30H32F4N2O5. The third kappa shape index (κ3) is 7.10. The van der Waals surface area contributed by atoms with E-state index in [-0.39, 0.29) is 35.5 Å². The Morgan fingerprint density at radius 2 is 1.73 bits per heavy atom. The van der Waals surface area contributed by atoms with Crippen LogP contribution < -0.4 is 19.5 Å². The number of aliphatic hydroxyl groups excluding tert-OH is 1. The average Bonchev–Trinajstić information content (AvgIpc) is 3.40. The molecular weight excluding hydrogens is 544 g/mol. The summed E-state index contributed by atoms with van der Waals surface area (Å²) in [7, 11) is 2.75. The molecule has 1 atom stereocenters. The summed E-state index contributed by atoms with van der Waals surface area (Å²) in [6, 6.07) is 9.09. The number of carbonyl (C=O) groups excluding carboxylic acids is 1. The summed E-state index contributed by atoms with van der Waals surface area (Å²) < 4.78 is 70.9. The van der Waals surface area contributed by atoms with E-state index in [1.165, 1.54) is 33.4 Å². The van der Waals surface area contributed by atoms with Crippen LogP contribution in [0.1, 0.15) is 46.9 Å². The van der Waals surface area contributed by atoms with Crippen molar-refractivity contribution in [2.45, 2.75) is 33.0 Å². The molecule has 1 unspecified atom stereocenters. The van der Waals surface area contributed by atoms with Crippen molar-refractivity contribution in [3.63, 3.8) is 0 Å². The summed E-state index contributed by atoms with van der Waals surface area (Å²) in [6.45, 7) is 5.30. The number of ether oxygens (including phenoxy) is 3. The van der Waals surface area contributed by atoms with E-state index in [2.05, 4.69) is 10.3 Å². The standard InChI is InChI=1S/C28H26F4N2O5.C2H6/c1-15-8-16(28(30,31)32)9-22-23(14-33-25(15)22)27(36)26(21-5-4-17(29)10-24(21)38-3)34-18-11-19(37-2)13-20(12-18)39-7-6-35;1-2/h4-5,8-14,26,33-35H,6-7H2,1-3H3;1-2H3. The first-order valence-electron chi connectivity index (χ1n) is 12.8. The number of rotatable bonds is 10. The topological polar surface area (TPSA) is 92.8 Å². The number of halogens is 4. The van der Waals surface area contributed by atoms with E-state index in [1.807, 2.05) is 13.8 Å². The highest BCUT2D eigenvalue weighted by Crippen LogP contribution is 2.38. The smallest absolute Gasteiger partial charge is 0.416 e. The van der Waals surface area contributed by atoms with E-state index in [0.717, 1.165) is 24.3 Å². The van der Waals surface area contributed by atoms with Crippen LogP contribution in [-0.2, 0) is 6.18 Å². The molecule has 0 aliphatic rings. The lowest BCUT2D eigenvalue weighted by atomic mass is 9.94. The number of aromatic amines is 1. The Morgan fingerprint density at radius 1 is 1.02 bits per heavy atom. The number of nitrogens with one attached hydrogen (secondary N) is 2. The molecule has 0 saturated carbocycles. The van der Waals surface area contributed by atoms with Crippen molar-refractivity contribution in [2.75, 3.05) is 32.8 Å². The number of fused-ring (bicyclic) bond motifs is 1. The molecule has 3 N–H and O–H groups in total. The number of aromatic nitrogens is 1. The first-order chi connectivity index (χ1) is 19.5.